The molecule has 1 aromatic carbocycles. The fraction of sp³-hybridized carbons (Fsp3) is 0.273. The minimum Gasteiger partial charge on any atom is -0.486 e. The predicted molar refractivity (Wildman–Crippen MR) is 64.5 cm³/mol. The molecule has 16 heavy (non-hydrogen) atoms. The van der Waals surface area contributed by atoms with Gasteiger partial charge in [-0.25, -0.2) is 8.42 Å². The Bertz CT molecular complexity index is 494. The first-order chi connectivity index (χ1) is 7.34. The van der Waals surface area contributed by atoms with Gasteiger partial charge in [0.1, 0.15) is 11.9 Å². The van der Waals surface area contributed by atoms with Crippen LogP contribution in [-0.4, -0.2) is 14.5 Å². The summed E-state index contributed by atoms with van der Waals surface area (Å²) in [5.74, 6) is 0.622. The molecule has 88 valence electrons. The van der Waals surface area contributed by atoms with E-state index in [1.807, 2.05) is 6.92 Å². The van der Waals surface area contributed by atoms with Crippen molar-refractivity contribution in [2.75, 3.05) is 0 Å². The lowest BCUT2D eigenvalue weighted by atomic mass is 10.2. The predicted octanol–water partition coefficient (Wildman–Crippen LogP) is 2.88. The Morgan fingerprint density at radius 2 is 2.12 bits per heavy atom. The molecule has 0 bridgehead atoms. The lowest BCUT2D eigenvalue weighted by Gasteiger charge is -2.13. The molecule has 0 aliphatic rings. The van der Waals surface area contributed by atoms with E-state index < -0.39 is 9.05 Å². The molecule has 1 atom stereocenters. The zero-order chi connectivity index (χ0) is 12.3. The van der Waals surface area contributed by atoms with Gasteiger partial charge < -0.3 is 4.74 Å². The standard InChI is InChI=1S/C11H13ClO3S/c1-4-9(3)15-11-6-5-10(7-8(11)2)16(12,13)14/h4-7,9H,1H2,2-3H3. The number of hydrogen-bond acceptors (Lipinski definition) is 3. The zero-order valence-corrected chi connectivity index (χ0v) is 10.7. The van der Waals surface area contributed by atoms with E-state index >= 15 is 0 Å². The quantitative estimate of drug-likeness (QED) is 0.618. The molecule has 1 unspecified atom stereocenters. The molecular formula is C11H13ClO3S. The van der Waals surface area contributed by atoms with E-state index in [1.54, 1.807) is 19.1 Å². The third kappa shape index (κ3) is 3.25. The van der Waals surface area contributed by atoms with Crippen molar-refractivity contribution >= 4 is 19.7 Å². The molecule has 0 fully saturated rings. The van der Waals surface area contributed by atoms with Crippen molar-refractivity contribution in [2.24, 2.45) is 0 Å². The van der Waals surface area contributed by atoms with Crippen molar-refractivity contribution in [1.29, 1.82) is 0 Å². The average Bonchev–Trinajstić information content (AvgIpc) is 2.19. The SMILES string of the molecule is C=CC(C)Oc1ccc(S(=O)(=O)Cl)cc1C. The van der Waals surface area contributed by atoms with Crippen LogP contribution in [0.25, 0.3) is 0 Å². The van der Waals surface area contributed by atoms with Gasteiger partial charge >= 0.3 is 0 Å². The van der Waals surface area contributed by atoms with Crippen molar-refractivity contribution in [2.45, 2.75) is 24.8 Å². The van der Waals surface area contributed by atoms with Crippen LogP contribution in [0.15, 0.2) is 35.7 Å². The number of rotatable bonds is 4. The molecule has 1 rings (SSSR count). The summed E-state index contributed by atoms with van der Waals surface area (Å²) in [6.07, 6.45) is 1.53. The monoisotopic (exact) mass is 260 g/mol. The lowest BCUT2D eigenvalue weighted by Crippen LogP contribution is -2.08. The van der Waals surface area contributed by atoms with Crippen LogP contribution in [0.5, 0.6) is 5.75 Å². The molecule has 5 heteroatoms. The Kier molecular flexibility index (Phi) is 3.99. The fourth-order valence-corrected chi connectivity index (χ4v) is 1.99. The van der Waals surface area contributed by atoms with Gasteiger partial charge in [0.15, 0.2) is 0 Å². The lowest BCUT2D eigenvalue weighted by molar-refractivity contribution is 0.268. The van der Waals surface area contributed by atoms with Crippen molar-refractivity contribution in [3.63, 3.8) is 0 Å². The Morgan fingerprint density at radius 1 is 1.50 bits per heavy atom. The van der Waals surface area contributed by atoms with Gasteiger partial charge in [0.05, 0.1) is 4.90 Å². The highest BCUT2D eigenvalue weighted by Gasteiger charge is 2.12. The maximum absolute atomic E-state index is 11.1. The molecule has 0 spiro atoms. The Labute approximate surface area is 100 Å². The normalized spacial score (nSPS) is 13.2. The number of benzene rings is 1. The van der Waals surface area contributed by atoms with E-state index in [1.165, 1.54) is 12.1 Å². The summed E-state index contributed by atoms with van der Waals surface area (Å²) in [6.45, 7) is 7.21. The highest BCUT2D eigenvalue weighted by molar-refractivity contribution is 8.13. The van der Waals surface area contributed by atoms with Crippen LogP contribution < -0.4 is 4.74 Å². The molecule has 0 saturated carbocycles. The molecule has 0 amide bonds. The van der Waals surface area contributed by atoms with Crippen LogP contribution in [0.4, 0.5) is 0 Å². The molecule has 3 nitrogen and oxygen atoms in total. The summed E-state index contributed by atoms with van der Waals surface area (Å²) in [4.78, 5) is 0.0743. The maximum atomic E-state index is 11.1. The van der Waals surface area contributed by atoms with E-state index in [9.17, 15) is 8.42 Å². The van der Waals surface area contributed by atoms with Gasteiger partial charge in [-0.2, -0.15) is 0 Å². The summed E-state index contributed by atoms with van der Waals surface area (Å²) < 4.78 is 27.7. The van der Waals surface area contributed by atoms with Crippen LogP contribution in [0.1, 0.15) is 12.5 Å². The fourth-order valence-electron chi connectivity index (χ4n) is 1.15. The molecule has 0 heterocycles. The van der Waals surface area contributed by atoms with E-state index in [0.717, 1.165) is 5.56 Å². The highest BCUT2D eigenvalue weighted by Crippen LogP contribution is 2.24. The first kappa shape index (κ1) is 13.1. The van der Waals surface area contributed by atoms with Gasteiger partial charge in [0.25, 0.3) is 9.05 Å². The summed E-state index contributed by atoms with van der Waals surface area (Å²) in [6, 6.07) is 4.48. The number of halogens is 1. The number of ether oxygens (including phenoxy) is 1. The highest BCUT2D eigenvalue weighted by atomic mass is 35.7. The van der Waals surface area contributed by atoms with Gasteiger partial charge in [0, 0.05) is 10.7 Å². The topological polar surface area (TPSA) is 43.4 Å². The maximum Gasteiger partial charge on any atom is 0.261 e. The van der Waals surface area contributed by atoms with Gasteiger partial charge in [-0.15, -0.1) is 0 Å². The van der Waals surface area contributed by atoms with E-state index in [4.69, 9.17) is 15.4 Å². The van der Waals surface area contributed by atoms with Gasteiger partial charge in [0.2, 0.25) is 0 Å². The smallest absolute Gasteiger partial charge is 0.261 e. The molecular weight excluding hydrogens is 248 g/mol. The van der Waals surface area contributed by atoms with E-state index in [-0.39, 0.29) is 11.0 Å². The van der Waals surface area contributed by atoms with Gasteiger partial charge in [-0.3, -0.25) is 0 Å². The second-order valence-electron chi connectivity index (χ2n) is 3.42. The molecule has 0 radical (unpaired) electrons. The van der Waals surface area contributed by atoms with Crippen molar-refractivity contribution in [3.8, 4) is 5.75 Å². The zero-order valence-electron chi connectivity index (χ0n) is 9.10. The second-order valence-corrected chi connectivity index (χ2v) is 5.99. The molecule has 1 aromatic rings. The average molecular weight is 261 g/mol. The molecule has 0 N–H and O–H groups in total. The Morgan fingerprint density at radius 3 is 2.56 bits per heavy atom. The Balaban J connectivity index is 3.05. The minimum atomic E-state index is -3.68. The second kappa shape index (κ2) is 4.89. The van der Waals surface area contributed by atoms with Crippen LogP contribution >= 0.6 is 10.7 Å². The summed E-state index contributed by atoms with van der Waals surface area (Å²) in [5.41, 5.74) is 0.718. The van der Waals surface area contributed by atoms with Crippen molar-refractivity contribution in [1.82, 2.24) is 0 Å². The third-order valence-electron chi connectivity index (χ3n) is 2.07. The van der Waals surface area contributed by atoms with Crippen molar-refractivity contribution in [3.05, 3.63) is 36.4 Å². The first-order valence-electron chi connectivity index (χ1n) is 4.69. The van der Waals surface area contributed by atoms with Crippen LogP contribution in [0, 0.1) is 6.92 Å². The molecule has 0 aliphatic heterocycles. The van der Waals surface area contributed by atoms with Gasteiger partial charge in [-0.05, 0) is 37.6 Å². The summed E-state index contributed by atoms with van der Waals surface area (Å²) in [7, 11) is 1.55. The van der Waals surface area contributed by atoms with Crippen LogP contribution in [-0.2, 0) is 9.05 Å². The molecule has 0 aliphatic carbocycles. The Hall–Kier alpha value is -1.00. The van der Waals surface area contributed by atoms with Crippen molar-refractivity contribution < 1.29 is 13.2 Å². The molecule has 0 aromatic heterocycles. The minimum absolute atomic E-state index is 0.0743. The first-order valence-corrected chi connectivity index (χ1v) is 7.00. The third-order valence-corrected chi connectivity index (χ3v) is 3.42. The summed E-state index contributed by atoms with van der Waals surface area (Å²) in [5, 5.41) is 0. The van der Waals surface area contributed by atoms with Crippen LogP contribution in [0.2, 0.25) is 0 Å². The number of aryl methyl sites for hydroxylation is 1. The summed E-state index contributed by atoms with van der Waals surface area (Å²) >= 11 is 0. The molecule has 0 saturated heterocycles. The largest absolute Gasteiger partial charge is 0.486 e. The van der Waals surface area contributed by atoms with Gasteiger partial charge in [-0.1, -0.05) is 12.7 Å². The number of hydrogen-bond donors (Lipinski definition) is 0. The van der Waals surface area contributed by atoms with E-state index in [0.29, 0.717) is 5.75 Å². The van der Waals surface area contributed by atoms with E-state index in [2.05, 4.69) is 6.58 Å². The van der Waals surface area contributed by atoms with Crippen LogP contribution in [0.3, 0.4) is 0 Å².